The lowest BCUT2D eigenvalue weighted by molar-refractivity contribution is -0.143. The molecule has 1 aliphatic heterocycles. The van der Waals surface area contributed by atoms with Gasteiger partial charge in [0.1, 0.15) is 34.5 Å². The summed E-state index contributed by atoms with van der Waals surface area (Å²) >= 11 is 5.90. The fraction of sp³-hybridized carbons (Fsp3) is 0.294. The third-order valence-corrected chi connectivity index (χ3v) is 4.88. The fourth-order valence-electron chi connectivity index (χ4n) is 3.33. The van der Waals surface area contributed by atoms with Crippen LogP contribution in [0.4, 0.5) is 27.6 Å². The minimum Gasteiger partial charge on any atom is -0.368 e. The first-order chi connectivity index (χ1) is 12.7. The molecular formula is C17H12ClF5N4. The van der Waals surface area contributed by atoms with Crippen LogP contribution in [0, 0.1) is 17.6 Å². The molecule has 4 rings (SSSR count). The van der Waals surface area contributed by atoms with Crippen LogP contribution in [0.3, 0.4) is 0 Å². The number of halogens is 6. The molecule has 0 saturated carbocycles. The molecule has 0 spiro atoms. The van der Waals surface area contributed by atoms with Crippen LogP contribution in [0.15, 0.2) is 30.6 Å². The summed E-state index contributed by atoms with van der Waals surface area (Å²) in [6.07, 6.45) is -3.46. The third kappa shape index (κ3) is 3.20. The van der Waals surface area contributed by atoms with Gasteiger partial charge in [0.25, 0.3) is 0 Å². The van der Waals surface area contributed by atoms with Crippen molar-refractivity contribution < 1.29 is 22.0 Å². The molecular weight excluding hydrogens is 391 g/mol. The summed E-state index contributed by atoms with van der Waals surface area (Å²) in [5.74, 6) is -1.53. The van der Waals surface area contributed by atoms with Crippen molar-refractivity contribution in [1.29, 1.82) is 0 Å². The Morgan fingerprint density at radius 1 is 1.11 bits per heavy atom. The number of anilines is 1. The summed E-state index contributed by atoms with van der Waals surface area (Å²) in [6.45, 7) is 0.738. The maximum atomic E-state index is 13.8. The number of fused-ring (bicyclic) bond motifs is 1. The number of alkyl halides is 3. The summed E-state index contributed by atoms with van der Waals surface area (Å²) < 4.78 is 68.2. The van der Waals surface area contributed by atoms with Gasteiger partial charge in [0.15, 0.2) is 0 Å². The Morgan fingerprint density at radius 2 is 1.85 bits per heavy atom. The van der Waals surface area contributed by atoms with E-state index < -0.39 is 23.5 Å². The standard InChI is InChI=1S/C17H12ClF5N4/c18-15-11-4-14(17(21,22)23)27(16(11)25-8-24-15)7-9-5-26(6-9)13-2-1-10(19)3-12(13)20/h1-4,8-9H,5-7H2. The van der Waals surface area contributed by atoms with E-state index in [-0.39, 0.29) is 34.3 Å². The monoisotopic (exact) mass is 402 g/mol. The molecule has 0 unspecified atom stereocenters. The zero-order chi connectivity index (χ0) is 19.3. The van der Waals surface area contributed by atoms with Crippen LogP contribution in [0.5, 0.6) is 0 Å². The molecule has 3 aromatic rings. The highest BCUT2D eigenvalue weighted by atomic mass is 35.5. The number of aromatic nitrogens is 3. The topological polar surface area (TPSA) is 34.0 Å². The van der Waals surface area contributed by atoms with E-state index in [1.165, 1.54) is 6.07 Å². The van der Waals surface area contributed by atoms with Gasteiger partial charge in [-0.1, -0.05) is 11.6 Å². The molecule has 0 bridgehead atoms. The van der Waals surface area contributed by atoms with Crippen LogP contribution >= 0.6 is 11.6 Å². The second kappa shape index (κ2) is 6.33. The Kier molecular flexibility index (Phi) is 4.21. The molecule has 0 aliphatic carbocycles. The highest BCUT2D eigenvalue weighted by molar-refractivity contribution is 6.33. The van der Waals surface area contributed by atoms with E-state index in [1.54, 1.807) is 4.90 Å². The van der Waals surface area contributed by atoms with Gasteiger partial charge in [-0.15, -0.1) is 0 Å². The summed E-state index contributed by atoms with van der Waals surface area (Å²) in [6, 6.07) is 4.18. The molecule has 142 valence electrons. The van der Waals surface area contributed by atoms with Gasteiger partial charge < -0.3 is 9.47 Å². The molecule has 1 aromatic carbocycles. The van der Waals surface area contributed by atoms with Crippen molar-refractivity contribution in [2.24, 2.45) is 5.92 Å². The first-order valence-electron chi connectivity index (χ1n) is 8.01. The quantitative estimate of drug-likeness (QED) is 0.477. The van der Waals surface area contributed by atoms with Crippen LogP contribution in [-0.4, -0.2) is 27.6 Å². The molecule has 0 N–H and O–H groups in total. The van der Waals surface area contributed by atoms with Crippen molar-refractivity contribution in [3.05, 3.63) is 53.1 Å². The van der Waals surface area contributed by atoms with E-state index >= 15 is 0 Å². The van der Waals surface area contributed by atoms with Gasteiger partial charge in [0, 0.05) is 31.6 Å². The molecule has 0 radical (unpaired) electrons. The van der Waals surface area contributed by atoms with E-state index in [0.717, 1.165) is 29.1 Å². The van der Waals surface area contributed by atoms with Gasteiger partial charge in [-0.2, -0.15) is 13.2 Å². The number of hydrogen-bond acceptors (Lipinski definition) is 3. The van der Waals surface area contributed by atoms with Crippen molar-refractivity contribution in [3.63, 3.8) is 0 Å². The van der Waals surface area contributed by atoms with Crippen molar-refractivity contribution in [1.82, 2.24) is 14.5 Å². The predicted octanol–water partition coefficient (Wildman–Crippen LogP) is 4.52. The van der Waals surface area contributed by atoms with Crippen LogP contribution < -0.4 is 4.90 Å². The maximum absolute atomic E-state index is 13.8. The highest BCUT2D eigenvalue weighted by Gasteiger charge is 2.38. The Morgan fingerprint density at radius 3 is 2.52 bits per heavy atom. The summed E-state index contributed by atoms with van der Waals surface area (Å²) in [5.41, 5.74) is -0.522. The Hall–Kier alpha value is -2.42. The van der Waals surface area contributed by atoms with Crippen LogP contribution in [-0.2, 0) is 12.7 Å². The van der Waals surface area contributed by atoms with E-state index in [1.807, 2.05) is 0 Å². The first kappa shape index (κ1) is 18.0. The number of hydrogen-bond donors (Lipinski definition) is 0. The Labute approximate surface area is 155 Å². The average Bonchev–Trinajstić information content (AvgIpc) is 2.92. The molecule has 1 fully saturated rings. The summed E-state index contributed by atoms with van der Waals surface area (Å²) in [4.78, 5) is 9.31. The molecule has 0 amide bonds. The normalized spacial score (nSPS) is 15.4. The first-order valence-corrected chi connectivity index (χ1v) is 8.39. The van der Waals surface area contributed by atoms with Gasteiger partial charge in [0.2, 0.25) is 0 Å². The molecule has 0 atom stereocenters. The highest BCUT2D eigenvalue weighted by Crippen LogP contribution is 2.37. The number of rotatable bonds is 3. The molecule has 4 nitrogen and oxygen atoms in total. The lowest BCUT2D eigenvalue weighted by Gasteiger charge is -2.41. The van der Waals surface area contributed by atoms with Crippen molar-refractivity contribution in [2.45, 2.75) is 12.7 Å². The molecule has 10 heteroatoms. The largest absolute Gasteiger partial charge is 0.431 e. The summed E-state index contributed by atoms with van der Waals surface area (Å²) in [7, 11) is 0. The molecule has 27 heavy (non-hydrogen) atoms. The molecule has 3 heterocycles. The second-order valence-corrected chi connectivity index (χ2v) is 6.76. The second-order valence-electron chi connectivity index (χ2n) is 6.41. The smallest absolute Gasteiger partial charge is 0.368 e. The lowest BCUT2D eigenvalue weighted by Crippen LogP contribution is -2.49. The zero-order valence-corrected chi connectivity index (χ0v) is 14.4. The third-order valence-electron chi connectivity index (χ3n) is 4.58. The van der Waals surface area contributed by atoms with E-state index in [2.05, 4.69) is 9.97 Å². The Bertz CT molecular complexity index is 1010. The minimum atomic E-state index is -4.57. The van der Waals surface area contributed by atoms with Gasteiger partial charge in [-0.3, -0.25) is 0 Å². The van der Waals surface area contributed by atoms with E-state index in [0.29, 0.717) is 13.1 Å². The van der Waals surface area contributed by atoms with Gasteiger partial charge in [-0.25, -0.2) is 18.7 Å². The van der Waals surface area contributed by atoms with Gasteiger partial charge in [-0.05, 0) is 18.2 Å². The fourth-order valence-corrected chi connectivity index (χ4v) is 3.51. The van der Waals surface area contributed by atoms with E-state index in [4.69, 9.17) is 11.6 Å². The number of nitrogens with zero attached hydrogens (tertiary/aromatic N) is 4. The van der Waals surface area contributed by atoms with Gasteiger partial charge >= 0.3 is 6.18 Å². The van der Waals surface area contributed by atoms with Crippen LogP contribution in [0.2, 0.25) is 5.15 Å². The minimum absolute atomic E-state index is 0.0466. The van der Waals surface area contributed by atoms with Crippen LogP contribution in [0.25, 0.3) is 11.0 Å². The predicted molar refractivity (Wildman–Crippen MR) is 89.6 cm³/mol. The van der Waals surface area contributed by atoms with Crippen LogP contribution in [0.1, 0.15) is 5.69 Å². The molecule has 1 aliphatic rings. The lowest BCUT2D eigenvalue weighted by atomic mass is 9.98. The SMILES string of the molecule is Fc1ccc(N2CC(Cn3c(C(F)(F)F)cc4c(Cl)ncnc43)C2)c(F)c1. The zero-order valence-electron chi connectivity index (χ0n) is 13.6. The summed E-state index contributed by atoms with van der Waals surface area (Å²) in [5, 5.41) is 0.0834. The number of benzene rings is 1. The van der Waals surface area contributed by atoms with Crippen molar-refractivity contribution >= 4 is 28.3 Å². The maximum Gasteiger partial charge on any atom is 0.431 e. The van der Waals surface area contributed by atoms with Gasteiger partial charge in [0.05, 0.1) is 11.1 Å². The Balaban J connectivity index is 1.59. The van der Waals surface area contributed by atoms with E-state index in [9.17, 15) is 22.0 Å². The van der Waals surface area contributed by atoms with Crippen molar-refractivity contribution in [3.8, 4) is 0 Å². The van der Waals surface area contributed by atoms with Crippen molar-refractivity contribution in [2.75, 3.05) is 18.0 Å². The molecule has 1 saturated heterocycles. The average molecular weight is 403 g/mol. The molecule has 2 aromatic heterocycles.